The van der Waals surface area contributed by atoms with Gasteiger partial charge in [0.1, 0.15) is 12.1 Å². The number of nitrogens with one attached hydrogen (secondary N) is 1. The highest BCUT2D eigenvalue weighted by Crippen LogP contribution is 2.40. The third kappa shape index (κ3) is 2.86. The van der Waals surface area contributed by atoms with Crippen molar-refractivity contribution in [2.24, 2.45) is 0 Å². The fourth-order valence-electron chi connectivity index (χ4n) is 3.52. The van der Waals surface area contributed by atoms with Gasteiger partial charge in [-0.15, -0.1) is 0 Å². The molecule has 1 aromatic heterocycles. The molecule has 0 saturated heterocycles. The predicted octanol–water partition coefficient (Wildman–Crippen LogP) is 4.00. The summed E-state index contributed by atoms with van der Waals surface area (Å²) >= 11 is 0. The second-order valence-electron chi connectivity index (χ2n) is 6.31. The first-order valence-corrected chi connectivity index (χ1v) is 8.68. The van der Waals surface area contributed by atoms with Crippen molar-refractivity contribution in [3.8, 4) is 5.75 Å². The zero-order valence-electron chi connectivity index (χ0n) is 14.5. The maximum Gasteiger partial charge on any atom is 0.222 e. The van der Waals surface area contributed by atoms with Gasteiger partial charge in [-0.25, -0.2) is 4.68 Å². The normalized spacial score (nSPS) is 19.1. The zero-order valence-corrected chi connectivity index (χ0v) is 14.5. The van der Waals surface area contributed by atoms with Crippen LogP contribution in [0, 0.1) is 0 Å². The van der Waals surface area contributed by atoms with Crippen LogP contribution in [-0.4, -0.2) is 21.9 Å². The van der Waals surface area contributed by atoms with Gasteiger partial charge in [0, 0.05) is 5.56 Å². The number of nitrogens with zero attached hydrogens (tertiary/aromatic N) is 3. The zero-order chi connectivity index (χ0) is 17.2. The van der Waals surface area contributed by atoms with E-state index in [-0.39, 0.29) is 12.1 Å². The Morgan fingerprint density at radius 3 is 2.72 bits per heavy atom. The number of methoxy groups -OCH3 is 1. The molecule has 1 N–H and O–H groups in total. The van der Waals surface area contributed by atoms with Gasteiger partial charge < -0.3 is 10.1 Å². The van der Waals surface area contributed by atoms with Gasteiger partial charge in [0.2, 0.25) is 5.95 Å². The molecule has 3 aromatic rings. The predicted molar refractivity (Wildman–Crippen MR) is 98.0 cm³/mol. The monoisotopic (exact) mass is 334 g/mol. The highest BCUT2D eigenvalue weighted by atomic mass is 16.5. The molecule has 1 aliphatic heterocycles. The van der Waals surface area contributed by atoms with Crippen molar-refractivity contribution in [1.82, 2.24) is 14.8 Å². The number of rotatable bonds is 4. The van der Waals surface area contributed by atoms with E-state index in [1.165, 1.54) is 11.1 Å². The van der Waals surface area contributed by atoms with E-state index in [4.69, 9.17) is 4.74 Å². The minimum absolute atomic E-state index is 0.0887. The summed E-state index contributed by atoms with van der Waals surface area (Å²) in [6.45, 7) is 2.17. The topological polar surface area (TPSA) is 52.0 Å². The number of benzene rings is 2. The van der Waals surface area contributed by atoms with Gasteiger partial charge in [0.05, 0.1) is 19.2 Å². The van der Waals surface area contributed by atoms with Crippen molar-refractivity contribution in [2.75, 3.05) is 12.4 Å². The third-order valence-electron chi connectivity index (χ3n) is 4.92. The first kappa shape index (κ1) is 15.7. The number of aromatic nitrogens is 3. The molecule has 25 heavy (non-hydrogen) atoms. The molecule has 0 fully saturated rings. The lowest BCUT2D eigenvalue weighted by Crippen LogP contribution is -2.28. The SMILES string of the molecule is CCc1ccc([C@H]2C[C@H](c3ccccc3OC)n3ncnc3N2)cc1. The number of ether oxygens (including phenoxy) is 1. The van der Waals surface area contributed by atoms with Crippen LogP contribution in [0.2, 0.25) is 0 Å². The molecule has 4 rings (SSSR count). The van der Waals surface area contributed by atoms with Crippen LogP contribution in [0.3, 0.4) is 0 Å². The third-order valence-corrected chi connectivity index (χ3v) is 4.92. The number of anilines is 1. The van der Waals surface area contributed by atoms with E-state index in [0.29, 0.717) is 0 Å². The minimum atomic E-state index is 0.0887. The second-order valence-corrected chi connectivity index (χ2v) is 6.31. The lowest BCUT2D eigenvalue weighted by Gasteiger charge is -2.32. The van der Waals surface area contributed by atoms with Gasteiger partial charge in [-0.2, -0.15) is 10.1 Å². The molecular weight excluding hydrogens is 312 g/mol. The fourth-order valence-corrected chi connectivity index (χ4v) is 3.52. The molecular formula is C20H22N4O. The number of hydrogen-bond acceptors (Lipinski definition) is 4. The maximum atomic E-state index is 5.58. The molecule has 2 aromatic carbocycles. The Bertz CT molecular complexity index is 856. The van der Waals surface area contributed by atoms with Gasteiger partial charge in [-0.3, -0.25) is 0 Å². The van der Waals surface area contributed by atoms with E-state index in [0.717, 1.165) is 30.1 Å². The molecule has 0 spiro atoms. The van der Waals surface area contributed by atoms with E-state index < -0.39 is 0 Å². The highest BCUT2D eigenvalue weighted by molar-refractivity contribution is 5.42. The van der Waals surface area contributed by atoms with E-state index >= 15 is 0 Å². The van der Waals surface area contributed by atoms with Gasteiger partial charge in [-0.05, 0) is 30.0 Å². The van der Waals surface area contributed by atoms with Crippen LogP contribution in [-0.2, 0) is 6.42 Å². The smallest absolute Gasteiger partial charge is 0.222 e. The fraction of sp³-hybridized carbons (Fsp3) is 0.300. The van der Waals surface area contributed by atoms with Gasteiger partial charge in [0.15, 0.2) is 0 Å². The standard InChI is InChI=1S/C20H22N4O/c1-3-14-8-10-15(11-9-14)17-12-18(24-20(23-17)21-13-22-24)16-6-4-5-7-19(16)25-2/h4-11,13,17-18H,3,12H2,1-2H3,(H,21,22,23)/t17-,18-/m1/s1. The first-order valence-electron chi connectivity index (χ1n) is 8.68. The van der Waals surface area contributed by atoms with Crippen molar-refractivity contribution in [1.29, 1.82) is 0 Å². The largest absolute Gasteiger partial charge is 0.496 e. The molecule has 1 aliphatic rings. The Labute approximate surface area is 147 Å². The van der Waals surface area contributed by atoms with Crippen LogP contribution in [0.5, 0.6) is 5.75 Å². The van der Waals surface area contributed by atoms with E-state index in [2.05, 4.69) is 52.7 Å². The molecule has 0 radical (unpaired) electrons. The molecule has 0 amide bonds. The average Bonchev–Trinajstić information content (AvgIpc) is 3.16. The number of hydrogen-bond donors (Lipinski definition) is 1. The summed E-state index contributed by atoms with van der Waals surface area (Å²) < 4.78 is 7.53. The van der Waals surface area contributed by atoms with Crippen LogP contribution in [0.15, 0.2) is 54.9 Å². The quantitative estimate of drug-likeness (QED) is 0.784. The van der Waals surface area contributed by atoms with Crippen LogP contribution >= 0.6 is 0 Å². The van der Waals surface area contributed by atoms with Gasteiger partial charge >= 0.3 is 0 Å². The Morgan fingerprint density at radius 1 is 1.16 bits per heavy atom. The molecule has 2 heterocycles. The second kappa shape index (κ2) is 6.59. The number of para-hydroxylation sites is 1. The van der Waals surface area contributed by atoms with Crippen LogP contribution in [0.25, 0.3) is 0 Å². The summed E-state index contributed by atoms with van der Waals surface area (Å²) in [6, 6.07) is 17.3. The maximum absolute atomic E-state index is 5.58. The number of aryl methyl sites for hydroxylation is 1. The molecule has 5 nitrogen and oxygen atoms in total. The van der Waals surface area contributed by atoms with Crippen molar-refractivity contribution in [3.63, 3.8) is 0 Å². The first-order chi connectivity index (χ1) is 12.3. The Hall–Kier alpha value is -2.82. The van der Waals surface area contributed by atoms with Gasteiger partial charge in [-0.1, -0.05) is 49.4 Å². The molecule has 5 heteroatoms. The molecule has 0 aliphatic carbocycles. The lowest BCUT2D eigenvalue weighted by atomic mass is 9.92. The Kier molecular flexibility index (Phi) is 4.14. The summed E-state index contributed by atoms with van der Waals surface area (Å²) in [4.78, 5) is 4.40. The van der Waals surface area contributed by atoms with E-state index in [1.807, 2.05) is 22.9 Å². The van der Waals surface area contributed by atoms with Crippen LogP contribution in [0.1, 0.15) is 42.1 Å². The molecule has 0 bridgehead atoms. The minimum Gasteiger partial charge on any atom is -0.496 e. The Morgan fingerprint density at radius 2 is 1.96 bits per heavy atom. The summed E-state index contributed by atoms with van der Waals surface area (Å²) in [5.74, 6) is 1.68. The summed E-state index contributed by atoms with van der Waals surface area (Å²) in [7, 11) is 1.71. The molecule has 128 valence electrons. The van der Waals surface area contributed by atoms with Crippen molar-refractivity contribution in [3.05, 3.63) is 71.5 Å². The lowest BCUT2D eigenvalue weighted by molar-refractivity contribution is 0.380. The summed E-state index contributed by atoms with van der Waals surface area (Å²) in [5.41, 5.74) is 3.75. The number of fused-ring (bicyclic) bond motifs is 1. The van der Waals surface area contributed by atoms with Crippen molar-refractivity contribution >= 4 is 5.95 Å². The van der Waals surface area contributed by atoms with E-state index in [9.17, 15) is 0 Å². The Balaban J connectivity index is 1.72. The molecule has 0 saturated carbocycles. The van der Waals surface area contributed by atoms with Crippen LogP contribution < -0.4 is 10.1 Å². The average molecular weight is 334 g/mol. The summed E-state index contributed by atoms with van der Waals surface area (Å²) in [6.07, 6.45) is 3.55. The van der Waals surface area contributed by atoms with Crippen molar-refractivity contribution < 1.29 is 4.74 Å². The van der Waals surface area contributed by atoms with Gasteiger partial charge in [0.25, 0.3) is 0 Å². The van der Waals surface area contributed by atoms with Crippen molar-refractivity contribution in [2.45, 2.75) is 31.8 Å². The van der Waals surface area contributed by atoms with E-state index in [1.54, 1.807) is 13.4 Å². The van der Waals surface area contributed by atoms with Crippen LogP contribution in [0.4, 0.5) is 5.95 Å². The molecule has 2 atom stereocenters. The molecule has 0 unspecified atom stereocenters. The highest BCUT2D eigenvalue weighted by Gasteiger charge is 2.31. The summed E-state index contributed by atoms with van der Waals surface area (Å²) in [5, 5.41) is 7.95.